The van der Waals surface area contributed by atoms with E-state index in [1.807, 2.05) is 26.0 Å². The maximum Gasteiger partial charge on any atom is 0.123 e. The molecule has 19 heavy (non-hydrogen) atoms. The third-order valence-electron chi connectivity index (χ3n) is 3.20. The minimum Gasteiger partial charge on any atom is -0.271 e. The fourth-order valence-electron chi connectivity index (χ4n) is 2.18. The van der Waals surface area contributed by atoms with Crippen molar-refractivity contribution in [1.82, 2.24) is 10.4 Å². The summed E-state index contributed by atoms with van der Waals surface area (Å²) in [5.41, 5.74) is 6.85. The molecule has 1 aromatic heterocycles. The summed E-state index contributed by atoms with van der Waals surface area (Å²) in [6.07, 6.45) is 0.697. The van der Waals surface area contributed by atoms with E-state index in [2.05, 4.69) is 10.4 Å². The topological polar surface area (TPSA) is 50.9 Å². The van der Waals surface area contributed by atoms with Crippen LogP contribution in [0.25, 0.3) is 0 Å². The number of benzene rings is 1. The van der Waals surface area contributed by atoms with Crippen LogP contribution < -0.4 is 11.3 Å². The number of halogens is 1. The first kappa shape index (κ1) is 13.6. The summed E-state index contributed by atoms with van der Waals surface area (Å²) in [6.45, 7) is 3.93. The van der Waals surface area contributed by atoms with Gasteiger partial charge in [-0.25, -0.2) is 4.39 Å². The van der Waals surface area contributed by atoms with Gasteiger partial charge in [0.25, 0.3) is 0 Å². The molecule has 0 bridgehead atoms. The molecule has 0 saturated heterocycles. The average molecular weight is 259 g/mol. The zero-order valence-electron chi connectivity index (χ0n) is 11.2. The lowest BCUT2D eigenvalue weighted by atomic mass is 9.98. The molecule has 4 heteroatoms. The summed E-state index contributed by atoms with van der Waals surface area (Å²) in [5, 5.41) is 0. The van der Waals surface area contributed by atoms with E-state index in [1.165, 1.54) is 12.1 Å². The minimum atomic E-state index is -0.228. The van der Waals surface area contributed by atoms with Crippen LogP contribution in [0.2, 0.25) is 0 Å². The SMILES string of the molecule is Cc1ccc(C(Cc2ccc(F)cc2)NN)c(C)n1. The molecule has 0 saturated carbocycles. The van der Waals surface area contributed by atoms with Gasteiger partial charge in [0.1, 0.15) is 5.82 Å². The first-order valence-electron chi connectivity index (χ1n) is 6.25. The van der Waals surface area contributed by atoms with E-state index in [4.69, 9.17) is 5.84 Å². The van der Waals surface area contributed by atoms with Gasteiger partial charge in [-0.1, -0.05) is 18.2 Å². The van der Waals surface area contributed by atoms with E-state index in [0.717, 1.165) is 22.5 Å². The summed E-state index contributed by atoms with van der Waals surface area (Å²) in [5.74, 6) is 5.41. The normalized spacial score (nSPS) is 12.4. The van der Waals surface area contributed by atoms with E-state index in [9.17, 15) is 4.39 Å². The second-order valence-electron chi connectivity index (χ2n) is 4.68. The van der Waals surface area contributed by atoms with Gasteiger partial charge in [-0.3, -0.25) is 16.3 Å². The molecule has 0 aliphatic carbocycles. The van der Waals surface area contributed by atoms with Crippen molar-refractivity contribution >= 4 is 0 Å². The van der Waals surface area contributed by atoms with Crippen LogP contribution in [-0.2, 0) is 6.42 Å². The summed E-state index contributed by atoms with van der Waals surface area (Å²) in [7, 11) is 0. The lowest BCUT2D eigenvalue weighted by molar-refractivity contribution is 0.545. The molecule has 0 fully saturated rings. The Bertz CT molecular complexity index is 552. The van der Waals surface area contributed by atoms with Crippen LogP contribution in [0.1, 0.15) is 28.6 Å². The number of aryl methyl sites for hydroxylation is 2. The predicted molar refractivity (Wildman–Crippen MR) is 73.9 cm³/mol. The van der Waals surface area contributed by atoms with Crippen molar-refractivity contribution in [1.29, 1.82) is 0 Å². The van der Waals surface area contributed by atoms with Gasteiger partial charge in [-0.05, 0) is 49.6 Å². The Kier molecular flexibility index (Phi) is 4.24. The molecule has 1 aromatic carbocycles. The first-order chi connectivity index (χ1) is 9.10. The van der Waals surface area contributed by atoms with Crippen molar-refractivity contribution in [3.63, 3.8) is 0 Å². The number of nitrogens with zero attached hydrogens (tertiary/aromatic N) is 1. The smallest absolute Gasteiger partial charge is 0.123 e. The van der Waals surface area contributed by atoms with Crippen molar-refractivity contribution in [2.45, 2.75) is 26.3 Å². The summed E-state index contributed by atoms with van der Waals surface area (Å²) in [6, 6.07) is 10.4. The van der Waals surface area contributed by atoms with Gasteiger partial charge >= 0.3 is 0 Å². The van der Waals surface area contributed by atoms with Gasteiger partial charge < -0.3 is 0 Å². The van der Waals surface area contributed by atoms with Crippen LogP contribution in [0, 0.1) is 19.7 Å². The van der Waals surface area contributed by atoms with Crippen LogP contribution in [0.4, 0.5) is 4.39 Å². The highest BCUT2D eigenvalue weighted by Gasteiger charge is 2.13. The molecular formula is C15H18FN3. The second kappa shape index (κ2) is 5.91. The van der Waals surface area contributed by atoms with Gasteiger partial charge in [-0.15, -0.1) is 0 Å². The maximum atomic E-state index is 12.9. The van der Waals surface area contributed by atoms with Gasteiger partial charge in [-0.2, -0.15) is 0 Å². The van der Waals surface area contributed by atoms with E-state index in [1.54, 1.807) is 12.1 Å². The molecule has 0 aliphatic heterocycles. The van der Waals surface area contributed by atoms with Gasteiger partial charge in [0, 0.05) is 11.4 Å². The summed E-state index contributed by atoms with van der Waals surface area (Å²) < 4.78 is 12.9. The molecule has 3 N–H and O–H groups in total. The second-order valence-corrected chi connectivity index (χ2v) is 4.68. The molecule has 1 unspecified atom stereocenters. The molecule has 0 aliphatic rings. The van der Waals surface area contributed by atoms with Crippen LogP contribution in [0.3, 0.4) is 0 Å². The quantitative estimate of drug-likeness (QED) is 0.655. The number of pyridine rings is 1. The van der Waals surface area contributed by atoms with Crippen LogP contribution in [-0.4, -0.2) is 4.98 Å². The van der Waals surface area contributed by atoms with Crippen LogP contribution >= 0.6 is 0 Å². The predicted octanol–water partition coefficient (Wildman–Crippen LogP) is 2.58. The highest BCUT2D eigenvalue weighted by Crippen LogP contribution is 2.20. The number of hydrogen-bond acceptors (Lipinski definition) is 3. The maximum absolute atomic E-state index is 12.9. The third kappa shape index (κ3) is 3.36. The molecule has 1 heterocycles. The third-order valence-corrected chi connectivity index (χ3v) is 3.20. The Morgan fingerprint density at radius 2 is 1.84 bits per heavy atom. The van der Waals surface area contributed by atoms with Crippen molar-refractivity contribution in [3.05, 3.63) is 64.7 Å². The average Bonchev–Trinajstić information content (AvgIpc) is 2.39. The van der Waals surface area contributed by atoms with E-state index in [0.29, 0.717) is 6.42 Å². The van der Waals surface area contributed by atoms with E-state index in [-0.39, 0.29) is 11.9 Å². The van der Waals surface area contributed by atoms with Crippen molar-refractivity contribution in [2.24, 2.45) is 5.84 Å². The standard InChI is InChI=1S/C15H18FN3/c1-10-3-8-14(11(2)18-10)15(19-17)9-12-4-6-13(16)7-5-12/h3-8,15,19H,9,17H2,1-2H3. The Morgan fingerprint density at radius 1 is 1.16 bits per heavy atom. The first-order valence-corrected chi connectivity index (χ1v) is 6.25. The molecule has 0 radical (unpaired) electrons. The van der Waals surface area contributed by atoms with Crippen molar-refractivity contribution in [3.8, 4) is 0 Å². The lowest BCUT2D eigenvalue weighted by Gasteiger charge is -2.18. The molecule has 2 rings (SSSR count). The van der Waals surface area contributed by atoms with E-state index >= 15 is 0 Å². The lowest BCUT2D eigenvalue weighted by Crippen LogP contribution is -2.30. The van der Waals surface area contributed by atoms with Gasteiger partial charge in [0.05, 0.1) is 6.04 Å². The zero-order chi connectivity index (χ0) is 13.8. The Balaban J connectivity index is 2.22. The van der Waals surface area contributed by atoms with Gasteiger partial charge in [0.15, 0.2) is 0 Å². The molecule has 1 atom stereocenters. The monoisotopic (exact) mass is 259 g/mol. The zero-order valence-corrected chi connectivity index (χ0v) is 11.2. The summed E-state index contributed by atoms with van der Waals surface area (Å²) in [4.78, 5) is 4.44. The van der Waals surface area contributed by atoms with Crippen LogP contribution in [0.5, 0.6) is 0 Å². The fourth-order valence-corrected chi connectivity index (χ4v) is 2.18. The number of nitrogens with two attached hydrogens (primary N) is 1. The highest BCUT2D eigenvalue weighted by atomic mass is 19.1. The Hall–Kier alpha value is -1.78. The fraction of sp³-hybridized carbons (Fsp3) is 0.267. The number of rotatable bonds is 4. The number of nitrogens with one attached hydrogen (secondary N) is 1. The molecule has 100 valence electrons. The number of aromatic nitrogens is 1. The number of hydrogen-bond donors (Lipinski definition) is 2. The molecule has 0 spiro atoms. The van der Waals surface area contributed by atoms with Gasteiger partial charge in [0.2, 0.25) is 0 Å². The molecular weight excluding hydrogens is 241 g/mol. The molecule has 0 amide bonds. The largest absolute Gasteiger partial charge is 0.271 e. The van der Waals surface area contributed by atoms with E-state index < -0.39 is 0 Å². The minimum absolute atomic E-state index is 0.0291. The van der Waals surface area contributed by atoms with Crippen molar-refractivity contribution in [2.75, 3.05) is 0 Å². The number of hydrazine groups is 1. The van der Waals surface area contributed by atoms with Crippen molar-refractivity contribution < 1.29 is 4.39 Å². The molecule has 2 aromatic rings. The Morgan fingerprint density at radius 3 is 2.42 bits per heavy atom. The highest BCUT2D eigenvalue weighted by molar-refractivity contribution is 5.28. The molecule has 3 nitrogen and oxygen atoms in total. The Labute approximate surface area is 112 Å². The summed E-state index contributed by atoms with van der Waals surface area (Å²) >= 11 is 0. The van der Waals surface area contributed by atoms with Crippen LogP contribution in [0.15, 0.2) is 36.4 Å².